The summed E-state index contributed by atoms with van der Waals surface area (Å²) in [7, 11) is 1.81. The second kappa shape index (κ2) is 6.93. The van der Waals surface area contributed by atoms with E-state index in [-0.39, 0.29) is 5.91 Å². The second-order valence-electron chi connectivity index (χ2n) is 5.26. The molecular weight excluding hydrogens is 260 g/mol. The number of hydrogen-bond donors (Lipinski definition) is 1. The van der Waals surface area contributed by atoms with Gasteiger partial charge in [-0.15, -0.1) is 0 Å². The Hall–Kier alpha value is -2.29. The number of nitrogens with zero attached hydrogens (tertiary/aromatic N) is 1. The molecule has 0 aliphatic heterocycles. The molecular formula is C18H22N2O. The third-order valence-corrected chi connectivity index (χ3v) is 3.69. The Bertz CT molecular complexity index is 608. The number of carbonyl (C=O) groups is 1. The van der Waals surface area contributed by atoms with Crippen LogP contribution in [0.2, 0.25) is 0 Å². The highest BCUT2D eigenvalue weighted by molar-refractivity contribution is 5.93. The fourth-order valence-corrected chi connectivity index (χ4v) is 2.13. The molecule has 0 aliphatic rings. The Kier molecular flexibility index (Phi) is 4.99. The van der Waals surface area contributed by atoms with Gasteiger partial charge in [-0.3, -0.25) is 4.79 Å². The molecule has 0 fully saturated rings. The predicted octanol–water partition coefficient (Wildman–Crippen LogP) is 3.77. The molecule has 0 saturated heterocycles. The van der Waals surface area contributed by atoms with Gasteiger partial charge in [0.1, 0.15) is 0 Å². The van der Waals surface area contributed by atoms with E-state index in [0.29, 0.717) is 13.0 Å². The molecule has 0 unspecified atom stereocenters. The summed E-state index contributed by atoms with van der Waals surface area (Å²) in [6, 6.07) is 16.0. The lowest BCUT2D eigenvalue weighted by Crippen LogP contribution is -2.27. The Morgan fingerprint density at radius 3 is 2.43 bits per heavy atom. The van der Waals surface area contributed by atoms with E-state index in [1.54, 1.807) is 4.90 Å². The maximum absolute atomic E-state index is 12.1. The predicted molar refractivity (Wildman–Crippen MR) is 88.9 cm³/mol. The Labute approximate surface area is 126 Å². The van der Waals surface area contributed by atoms with Crippen LogP contribution in [0, 0.1) is 13.8 Å². The number of nitrogens with one attached hydrogen (secondary N) is 1. The summed E-state index contributed by atoms with van der Waals surface area (Å²) in [6.45, 7) is 4.82. The summed E-state index contributed by atoms with van der Waals surface area (Å²) < 4.78 is 0. The van der Waals surface area contributed by atoms with Crippen LogP contribution in [0.1, 0.15) is 17.5 Å². The van der Waals surface area contributed by atoms with Crippen molar-refractivity contribution in [2.24, 2.45) is 0 Å². The highest BCUT2D eigenvalue weighted by Crippen LogP contribution is 2.15. The summed E-state index contributed by atoms with van der Waals surface area (Å²) in [5.41, 5.74) is 4.52. The standard InChI is InChI=1S/C18H22N2O/c1-14-9-10-16(13-15(14)2)19-12-11-18(21)20(3)17-7-5-4-6-8-17/h4-10,13,19H,11-12H2,1-3H3. The van der Waals surface area contributed by atoms with E-state index in [1.807, 2.05) is 43.4 Å². The molecule has 110 valence electrons. The lowest BCUT2D eigenvalue weighted by atomic mass is 10.1. The molecule has 2 rings (SSSR count). The lowest BCUT2D eigenvalue weighted by Gasteiger charge is -2.17. The van der Waals surface area contributed by atoms with Crippen molar-refractivity contribution in [3.8, 4) is 0 Å². The Morgan fingerprint density at radius 1 is 1.05 bits per heavy atom. The van der Waals surface area contributed by atoms with Gasteiger partial charge in [-0.1, -0.05) is 24.3 Å². The number of aryl methyl sites for hydroxylation is 2. The van der Waals surface area contributed by atoms with E-state index >= 15 is 0 Å². The molecule has 21 heavy (non-hydrogen) atoms. The first-order chi connectivity index (χ1) is 10.1. The van der Waals surface area contributed by atoms with Crippen LogP contribution in [0.15, 0.2) is 48.5 Å². The number of hydrogen-bond acceptors (Lipinski definition) is 2. The van der Waals surface area contributed by atoms with Crippen molar-refractivity contribution in [1.29, 1.82) is 0 Å². The molecule has 0 saturated carbocycles. The molecule has 2 aromatic rings. The topological polar surface area (TPSA) is 32.3 Å². The van der Waals surface area contributed by atoms with Gasteiger partial charge in [0.05, 0.1) is 0 Å². The molecule has 0 atom stereocenters. The lowest BCUT2D eigenvalue weighted by molar-refractivity contribution is -0.118. The normalized spacial score (nSPS) is 10.2. The third-order valence-electron chi connectivity index (χ3n) is 3.69. The minimum atomic E-state index is 0.109. The molecule has 1 amide bonds. The zero-order valence-corrected chi connectivity index (χ0v) is 12.9. The van der Waals surface area contributed by atoms with Crippen LogP contribution in [-0.2, 0) is 4.79 Å². The largest absolute Gasteiger partial charge is 0.385 e. The molecule has 1 N–H and O–H groups in total. The summed E-state index contributed by atoms with van der Waals surface area (Å²) in [5.74, 6) is 0.109. The average Bonchev–Trinajstić information content (AvgIpc) is 2.51. The van der Waals surface area contributed by atoms with Crippen molar-refractivity contribution in [2.75, 3.05) is 23.8 Å². The summed E-state index contributed by atoms with van der Waals surface area (Å²) >= 11 is 0. The monoisotopic (exact) mass is 282 g/mol. The van der Waals surface area contributed by atoms with Gasteiger partial charge in [0.25, 0.3) is 0 Å². The molecule has 0 spiro atoms. The van der Waals surface area contributed by atoms with Crippen molar-refractivity contribution in [3.05, 3.63) is 59.7 Å². The summed E-state index contributed by atoms with van der Waals surface area (Å²) in [5, 5.41) is 3.30. The molecule has 0 radical (unpaired) electrons. The highest BCUT2D eigenvalue weighted by atomic mass is 16.2. The van der Waals surface area contributed by atoms with E-state index in [4.69, 9.17) is 0 Å². The van der Waals surface area contributed by atoms with E-state index < -0.39 is 0 Å². The third kappa shape index (κ3) is 4.09. The maximum atomic E-state index is 12.1. The molecule has 0 heterocycles. The van der Waals surface area contributed by atoms with Crippen LogP contribution < -0.4 is 10.2 Å². The molecule has 0 aliphatic carbocycles. The van der Waals surface area contributed by atoms with Crippen LogP contribution in [0.25, 0.3) is 0 Å². The second-order valence-corrected chi connectivity index (χ2v) is 5.26. The molecule has 3 nitrogen and oxygen atoms in total. The van der Waals surface area contributed by atoms with Crippen LogP contribution in [0.5, 0.6) is 0 Å². The first kappa shape index (κ1) is 15.1. The maximum Gasteiger partial charge on any atom is 0.228 e. The van der Waals surface area contributed by atoms with E-state index in [2.05, 4.69) is 31.3 Å². The van der Waals surface area contributed by atoms with Gasteiger partial charge in [0.2, 0.25) is 5.91 Å². The Balaban J connectivity index is 1.85. The van der Waals surface area contributed by atoms with Crippen molar-refractivity contribution in [2.45, 2.75) is 20.3 Å². The fourth-order valence-electron chi connectivity index (χ4n) is 2.13. The first-order valence-electron chi connectivity index (χ1n) is 7.20. The molecule has 3 heteroatoms. The number of anilines is 2. The van der Waals surface area contributed by atoms with Gasteiger partial charge >= 0.3 is 0 Å². The molecule has 2 aromatic carbocycles. The number of para-hydroxylation sites is 1. The minimum absolute atomic E-state index is 0.109. The van der Waals surface area contributed by atoms with Gasteiger partial charge in [-0.05, 0) is 49.2 Å². The summed E-state index contributed by atoms with van der Waals surface area (Å²) in [4.78, 5) is 13.8. The number of carbonyl (C=O) groups excluding carboxylic acids is 1. The first-order valence-corrected chi connectivity index (χ1v) is 7.20. The summed E-state index contributed by atoms with van der Waals surface area (Å²) in [6.07, 6.45) is 0.471. The number of amides is 1. The smallest absolute Gasteiger partial charge is 0.228 e. The highest BCUT2D eigenvalue weighted by Gasteiger charge is 2.09. The zero-order valence-electron chi connectivity index (χ0n) is 12.9. The van der Waals surface area contributed by atoms with E-state index in [1.165, 1.54) is 11.1 Å². The Morgan fingerprint density at radius 2 is 1.76 bits per heavy atom. The van der Waals surface area contributed by atoms with Gasteiger partial charge < -0.3 is 10.2 Å². The van der Waals surface area contributed by atoms with Crippen LogP contribution in [0.4, 0.5) is 11.4 Å². The minimum Gasteiger partial charge on any atom is -0.385 e. The van der Waals surface area contributed by atoms with Crippen LogP contribution in [0.3, 0.4) is 0 Å². The van der Waals surface area contributed by atoms with E-state index in [0.717, 1.165) is 11.4 Å². The van der Waals surface area contributed by atoms with Crippen LogP contribution >= 0.6 is 0 Å². The SMILES string of the molecule is Cc1ccc(NCCC(=O)N(C)c2ccccc2)cc1C. The van der Waals surface area contributed by atoms with Crippen molar-refractivity contribution < 1.29 is 4.79 Å². The average molecular weight is 282 g/mol. The van der Waals surface area contributed by atoms with Crippen molar-refractivity contribution >= 4 is 17.3 Å². The molecule has 0 aromatic heterocycles. The van der Waals surface area contributed by atoms with Crippen molar-refractivity contribution in [3.63, 3.8) is 0 Å². The quantitative estimate of drug-likeness (QED) is 0.905. The van der Waals surface area contributed by atoms with Gasteiger partial charge in [-0.2, -0.15) is 0 Å². The van der Waals surface area contributed by atoms with E-state index in [9.17, 15) is 4.79 Å². The van der Waals surface area contributed by atoms with Gasteiger partial charge in [-0.25, -0.2) is 0 Å². The van der Waals surface area contributed by atoms with Crippen LogP contribution in [-0.4, -0.2) is 19.5 Å². The van der Waals surface area contributed by atoms with Gasteiger partial charge in [0, 0.05) is 31.4 Å². The zero-order chi connectivity index (χ0) is 15.2. The van der Waals surface area contributed by atoms with Gasteiger partial charge in [0.15, 0.2) is 0 Å². The molecule has 0 bridgehead atoms. The number of benzene rings is 2. The number of rotatable bonds is 5. The fraction of sp³-hybridized carbons (Fsp3) is 0.278. The van der Waals surface area contributed by atoms with Crippen molar-refractivity contribution in [1.82, 2.24) is 0 Å².